The van der Waals surface area contributed by atoms with Gasteiger partial charge < -0.3 is 10.8 Å². The second-order valence-corrected chi connectivity index (χ2v) is 5.12. The molecule has 0 saturated heterocycles. The molecule has 96 valence electrons. The van der Waals surface area contributed by atoms with Gasteiger partial charge in [-0.15, -0.1) is 11.3 Å². The standard InChI is InChI=1S/C12H17N4OS/c1-7-11(13)14-9(3)15-12(7)16-6-18-10(4-5-17)8(16)2/h6,17H,4-5H2,1-3H3,(H2,13,14,15)/q+1. The normalized spacial score (nSPS) is 10.9. The third-order valence-electron chi connectivity index (χ3n) is 2.90. The number of aromatic nitrogens is 3. The van der Waals surface area contributed by atoms with Crippen molar-refractivity contribution in [2.75, 3.05) is 12.3 Å². The van der Waals surface area contributed by atoms with Crippen LogP contribution < -0.4 is 10.3 Å². The van der Waals surface area contributed by atoms with Gasteiger partial charge in [-0.1, -0.05) is 0 Å². The molecule has 2 aromatic heterocycles. The summed E-state index contributed by atoms with van der Waals surface area (Å²) in [4.78, 5) is 9.76. The van der Waals surface area contributed by atoms with Gasteiger partial charge in [-0.25, -0.2) is 0 Å². The van der Waals surface area contributed by atoms with Crippen LogP contribution in [0.1, 0.15) is 22.0 Å². The van der Waals surface area contributed by atoms with Gasteiger partial charge in [0, 0.05) is 20.0 Å². The molecule has 3 N–H and O–H groups in total. The van der Waals surface area contributed by atoms with Gasteiger partial charge in [0.15, 0.2) is 5.51 Å². The third-order valence-corrected chi connectivity index (χ3v) is 4.00. The van der Waals surface area contributed by atoms with Gasteiger partial charge in [0.2, 0.25) is 5.82 Å². The number of nitrogens with two attached hydrogens (primary N) is 1. The molecule has 2 aromatic rings. The molecule has 0 aliphatic heterocycles. The lowest BCUT2D eigenvalue weighted by Crippen LogP contribution is -2.34. The van der Waals surface area contributed by atoms with E-state index in [0.29, 0.717) is 18.1 Å². The molecule has 5 nitrogen and oxygen atoms in total. The number of aliphatic hydroxyl groups excluding tert-OH is 1. The van der Waals surface area contributed by atoms with E-state index in [9.17, 15) is 0 Å². The fraction of sp³-hybridized carbons (Fsp3) is 0.417. The van der Waals surface area contributed by atoms with Crippen LogP contribution in [0.3, 0.4) is 0 Å². The molecular weight excluding hydrogens is 248 g/mol. The number of aryl methyl sites for hydroxylation is 1. The predicted octanol–water partition coefficient (Wildman–Crippen LogP) is 0.857. The van der Waals surface area contributed by atoms with Crippen LogP contribution >= 0.6 is 11.3 Å². The number of hydrogen-bond acceptors (Lipinski definition) is 5. The zero-order valence-corrected chi connectivity index (χ0v) is 11.6. The van der Waals surface area contributed by atoms with Crippen LogP contribution in [0.4, 0.5) is 5.82 Å². The number of hydrogen-bond donors (Lipinski definition) is 2. The van der Waals surface area contributed by atoms with Crippen LogP contribution in [0.15, 0.2) is 5.51 Å². The van der Waals surface area contributed by atoms with Gasteiger partial charge in [0.25, 0.3) is 0 Å². The van der Waals surface area contributed by atoms with E-state index in [1.807, 2.05) is 30.8 Å². The monoisotopic (exact) mass is 265 g/mol. The van der Waals surface area contributed by atoms with E-state index in [0.717, 1.165) is 22.0 Å². The summed E-state index contributed by atoms with van der Waals surface area (Å²) < 4.78 is 2.01. The molecule has 0 radical (unpaired) electrons. The average molecular weight is 265 g/mol. The lowest BCUT2D eigenvalue weighted by Gasteiger charge is -2.02. The second kappa shape index (κ2) is 4.99. The summed E-state index contributed by atoms with van der Waals surface area (Å²) in [6.45, 7) is 5.93. The molecule has 0 amide bonds. The summed E-state index contributed by atoms with van der Waals surface area (Å²) in [5.74, 6) is 1.99. The Bertz CT molecular complexity index is 580. The third kappa shape index (κ3) is 2.21. The van der Waals surface area contributed by atoms with Gasteiger partial charge >= 0.3 is 5.82 Å². The SMILES string of the molecule is Cc1nc(N)c(C)c(-[n+]2csc(CCO)c2C)n1. The lowest BCUT2D eigenvalue weighted by atomic mass is 10.2. The topological polar surface area (TPSA) is 75.9 Å². The highest BCUT2D eigenvalue weighted by Crippen LogP contribution is 2.17. The van der Waals surface area contributed by atoms with Crippen molar-refractivity contribution in [3.63, 3.8) is 0 Å². The fourth-order valence-corrected chi connectivity index (χ4v) is 2.80. The molecule has 6 heteroatoms. The first-order valence-corrected chi connectivity index (χ1v) is 6.63. The van der Waals surface area contributed by atoms with Gasteiger partial charge in [0.1, 0.15) is 11.5 Å². The van der Waals surface area contributed by atoms with Crippen LogP contribution in [-0.4, -0.2) is 21.7 Å². The van der Waals surface area contributed by atoms with Gasteiger partial charge in [-0.2, -0.15) is 9.55 Å². The van der Waals surface area contributed by atoms with Crippen molar-refractivity contribution in [2.45, 2.75) is 27.2 Å². The Kier molecular flexibility index (Phi) is 3.58. The summed E-state index contributed by atoms with van der Waals surface area (Å²) in [6.07, 6.45) is 0.669. The molecule has 0 spiro atoms. The Morgan fingerprint density at radius 2 is 2.06 bits per heavy atom. The molecule has 2 rings (SSSR count). The predicted molar refractivity (Wildman–Crippen MR) is 70.9 cm³/mol. The van der Waals surface area contributed by atoms with Crippen molar-refractivity contribution in [1.82, 2.24) is 9.97 Å². The molecule has 0 saturated carbocycles. The minimum atomic E-state index is 0.158. The number of thiazole rings is 1. The first kappa shape index (κ1) is 12.9. The van der Waals surface area contributed by atoms with Crippen molar-refractivity contribution in [1.29, 1.82) is 0 Å². The second-order valence-electron chi connectivity index (χ2n) is 4.18. The van der Waals surface area contributed by atoms with Crippen LogP contribution in [-0.2, 0) is 6.42 Å². The Morgan fingerprint density at radius 3 is 2.72 bits per heavy atom. The van der Waals surface area contributed by atoms with E-state index in [2.05, 4.69) is 9.97 Å². The summed E-state index contributed by atoms with van der Waals surface area (Å²) >= 11 is 1.62. The van der Waals surface area contributed by atoms with Crippen molar-refractivity contribution in [2.24, 2.45) is 0 Å². The minimum absolute atomic E-state index is 0.158. The van der Waals surface area contributed by atoms with Crippen molar-refractivity contribution < 1.29 is 9.67 Å². The van der Waals surface area contributed by atoms with Gasteiger partial charge in [0.05, 0.1) is 10.4 Å². The molecule has 18 heavy (non-hydrogen) atoms. The van der Waals surface area contributed by atoms with E-state index in [1.165, 1.54) is 0 Å². The summed E-state index contributed by atoms with van der Waals surface area (Å²) in [7, 11) is 0. The molecule has 0 aromatic carbocycles. The number of nitrogen functional groups attached to an aromatic ring is 1. The summed E-state index contributed by atoms with van der Waals surface area (Å²) in [6, 6.07) is 0. The van der Waals surface area contributed by atoms with Crippen molar-refractivity contribution in [3.05, 3.63) is 27.5 Å². The Labute approximate surface area is 110 Å². The molecule has 0 fully saturated rings. The van der Waals surface area contributed by atoms with Crippen molar-refractivity contribution in [3.8, 4) is 5.82 Å². The average Bonchev–Trinajstić information content (AvgIpc) is 2.67. The Hall–Kier alpha value is -1.53. The maximum Gasteiger partial charge on any atom is 0.337 e. The molecule has 0 aliphatic rings. The number of nitrogens with zero attached hydrogens (tertiary/aromatic N) is 3. The zero-order valence-electron chi connectivity index (χ0n) is 10.8. The van der Waals surface area contributed by atoms with Crippen LogP contribution in [0.25, 0.3) is 5.82 Å². The van der Waals surface area contributed by atoms with Gasteiger partial charge in [-0.3, -0.25) is 0 Å². The summed E-state index contributed by atoms with van der Waals surface area (Å²) in [5, 5.41) is 9.02. The minimum Gasteiger partial charge on any atom is -0.396 e. The maximum atomic E-state index is 9.02. The van der Waals surface area contributed by atoms with E-state index in [-0.39, 0.29) is 6.61 Å². The Balaban J connectivity index is 2.55. The zero-order chi connectivity index (χ0) is 13.3. The highest BCUT2D eigenvalue weighted by molar-refractivity contribution is 7.09. The van der Waals surface area contributed by atoms with Gasteiger partial charge in [-0.05, 0) is 18.8 Å². The first-order valence-electron chi connectivity index (χ1n) is 5.75. The van der Waals surface area contributed by atoms with Crippen LogP contribution in [0, 0.1) is 20.8 Å². The fourth-order valence-electron chi connectivity index (χ4n) is 1.83. The number of aliphatic hydroxyl groups is 1. The van der Waals surface area contributed by atoms with E-state index in [4.69, 9.17) is 10.8 Å². The van der Waals surface area contributed by atoms with Crippen LogP contribution in [0.2, 0.25) is 0 Å². The highest BCUT2D eigenvalue weighted by Gasteiger charge is 2.21. The smallest absolute Gasteiger partial charge is 0.337 e. The number of rotatable bonds is 3. The molecule has 0 aliphatic carbocycles. The van der Waals surface area contributed by atoms with E-state index < -0.39 is 0 Å². The van der Waals surface area contributed by atoms with E-state index in [1.54, 1.807) is 11.3 Å². The summed E-state index contributed by atoms with van der Waals surface area (Å²) in [5.41, 5.74) is 9.84. The van der Waals surface area contributed by atoms with Crippen LogP contribution in [0.5, 0.6) is 0 Å². The molecule has 2 heterocycles. The quantitative estimate of drug-likeness (QED) is 0.807. The Morgan fingerprint density at radius 1 is 1.33 bits per heavy atom. The molecule has 0 bridgehead atoms. The first-order chi connectivity index (χ1) is 8.54. The lowest BCUT2D eigenvalue weighted by molar-refractivity contribution is -0.601. The highest BCUT2D eigenvalue weighted by atomic mass is 32.1. The number of anilines is 1. The molecule has 0 unspecified atom stereocenters. The molecular formula is C12H17N4OS+. The molecule has 0 atom stereocenters. The van der Waals surface area contributed by atoms with E-state index >= 15 is 0 Å². The maximum absolute atomic E-state index is 9.02. The largest absolute Gasteiger partial charge is 0.396 e. The van der Waals surface area contributed by atoms with Crippen molar-refractivity contribution >= 4 is 17.2 Å².